The van der Waals surface area contributed by atoms with Crippen LogP contribution >= 0.6 is 0 Å². The van der Waals surface area contributed by atoms with E-state index in [9.17, 15) is 14.4 Å². The Morgan fingerprint density at radius 1 is 0.962 bits per heavy atom. The van der Waals surface area contributed by atoms with Gasteiger partial charge in [0.15, 0.2) is 0 Å². The van der Waals surface area contributed by atoms with Gasteiger partial charge in [-0.15, -0.1) is 0 Å². The van der Waals surface area contributed by atoms with Crippen molar-refractivity contribution in [1.82, 2.24) is 5.32 Å². The molecule has 0 atom stereocenters. The SMILES string of the molecule is NC(=O)c1ccc(NC(=O)CNC(=O)C23CC4CC(CC(C4)C2)C3)cc1. The Hall–Kier alpha value is -2.37. The average Bonchev–Trinajstić information content (AvgIpc) is 2.59. The van der Waals surface area contributed by atoms with Gasteiger partial charge in [0.2, 0.25) is 17.7 Å². The third-order valence-corrected chi connectivity index (χ3v) is 6.38. The Labute approximate surface area is 152 Å². The molecule has 1 aromatic carbocycles. The molecule has 0 saturated heterocycles. The van der Waals surface area contributed by atoms with Gasteiger partial charge in [-0.2, -0.15) is 0 Å². The summed E-state index contributed by atoms with van der Waals surface area (Å²) < 4.78 is 0. The summed E-state index contributed by atoms with van der Waals surface area (Å²) in [6.07, 6.45) is 6.82. The van der Waals surface area contributed by atoms with Gasteiger partial charge >= 0.3 is 0 Å². The second-order valence-corrected chi connectivity index (χ2v) is 8.37. The van der Waals surface area contributed by atoms with E-state index < -0.39 is 5.91 Å². The molecule has 4 aliphatic rings. The Kier molecular flexibility index (Phi) is 4.21. The van der Waals surface area contributed by atoms with E-state index in [1.54, 1.807) is 24.3 Å². The molecule has 0 spiro atoms. The van der Waals surface area contributed by atoms with Crippen LogP contribution in [0.5, 0.6) is 0 Å². The molecule has 4 bridgehead atoms. The standard InChI is InChI=1S/C20H25N3O3/c21-18(25)15-1-3-16(4-2-15)23-17(24)11-22-19(26)20-8-12-5-13(9-20)7-14(6-12)10-20/h1-4,12-14H,5-11H2,(H2,21,25)(H,22,26)(H,23,24). The number of carbonyl (C=O) groups excluding carboxylic acids is 3. The van der Waals surface area contributed by atoms with E-state index in [-0.39, 0.29) is 23.8 Å². The van der Waals surface area contributed by atoms with E-state index in [2.05, 4.69) is 10.6 Å². The van der Waals surface area contributed by atoms with E-state index in [0.29, 0.717) is 29.0 Å². The molecule has 4 fully saturated rings. The number of hydrogen-bond acceptors (Lipinski definition) is 3. The van der Waals surface area contributed by atoms with E-state index in [4.69, 9.17) is 5.73 Å². The molecule has 0 aliphatic heterocycles. The van der Waals surface area contributed by atoms with Crippen molar-refractivity contribution in [2.45, 2.75) is 38.5 Å². The van der Waals surface area contributed by atoms with Gasteiger partial charge in [0.25, 0.3) is 0 Å². The second-order valence-electron chi connectivity index (χ2n) is 8.37. The number of rotatable bonds is 5. The van der Waals surface area contributed by atoms with Gasteiger partial charge in [-0.3, -0.25) is 14.4 Å². The topological polar surface area (TPSA) is 101 Å². The van der Waals surface area contributed by atoms with Crippen LogP contribution in [0.1, 0.15) is 48.9 Å². The number of carbonyl (C=O) groups is 3. The number of amides is 3. The summed E-state index contributed by atoms with van der Waals surface area (Å²) in [5, 5.41) is 5.60. The number of nitrogens with two attached hydrogens (primary N) is 1. The van der Waals surface area contributed by atoms with Crippen LogP contribution in [0.2, 0.25) is 0 Å². The van der Waals surface area contributed by atoms with Crippen LogP contribution in [-0.4, -0.2) is 24.3 Å². The Morgan fingerprint density at radius 2 is 1.50 bits per heavy atom. The Bertz CT molecular complexity index is 706. The highest BCUT2D eigenvalue weighted by atomic mass is 16.2. The summed E-state index contributed by atoms with van der Waals surface area (Å²) in [5.74, 6) is 1.37. The van der Waals surface area contributed by atoms with Crippen molar-refractivity contribution in [3.63, 3.8) is 0 Å². The first kappa shape index (κ1) is 17.1. The van der Waals surface area contributed by atoms with Gasteiger partial charge in [-0.05, 0) is 80.5 Å². The fourth-order valence-corrected chi connectivity index (χ4v) is 5.66. The molecule has 0 unspecified atom stereocenters. The van der Waals surface area contributed by atoms with Gasteiger partial charge in [-0.1, -0.05) is 0 Å². The van der Waals surface area contributed by atoms with Crippen molar-refractivity contribution in [1.29, 1.82) is 0 Å². The fraction of sp³-hybridized carbons (Fsp3) is 0.550. The lowest BCUT2D eigenvalue weighted by molar-refractivity contribution is -0.146. The van der Waals surface area contributed by atoms with E-state index in [1.165, 1.54) is 19.3 Å². The van der Waals surface area contributed by atoms with Crippen LogP contribution in [0.25, 0.3) is 0 Å². The molecule has 0 aromatic heterocycles. The van der Waals surface area contributed by atoms with Gasteiger partial charge in [0.1, 0.15) is 0 Å². The van der Waals surface area contributed by atoms with Crippen LogP contribution in [-0.2, 0) is 9.59 Å². The molecule has 6 nitrogen and oxygen atoms in total. The Balaban J connectivity index is 1.31. The molecule has 5 rings (SSSR count). The maximum Gasteiger partial charge on any atom is 0.248 e. The molecular weight excluding hydrogens is 330 g/mol. The molecule has 4 N–H and O–H groups in total. The number of benzene rings is 1. The summed E-state index contributed by atoms with van der Waals surface area (Å²) in [5.41, 5.74) is 5.92. The summed E-state index contributed by atoms with van der Waals surface area (Å²) in [7, 11) is 0. The zero-order valence-corrected chi connectivity index (χ0v) is 14.8. The van der Waals surface area contributed by atoms with Crippen molar-refractivity contribution in [2.24, 2.45) is 28.9 Å². The van der Waals surface area contributed by atoms with Crippen molar-refractivity contribution >= 4 is 23.4 Å². The van der Waals surface area contributed by atoms with Crippen molar-refractivity contribution < 1.29 is 14.4 Å². The van der Waals surface area contributed by atoms with Crippen molar-refractivity contribution in [3.8, 4) is 0 Å². The Morgan fingerprint density at radius 3 is 2.00 bits per heavy atom. The molecule has 6 heteroatoms. The first-order valence-corrected chi connectivity index (χ1v) is 9.41. The third kappa shape index (κ3) is 3.20. The predicted molar refractivity (Wildman–Crippen MR) is 97.2 cm³/mol. The highest BCUT2D eigenvalue weighted by Gasteiger charge is 2.54. The number of nitrogens with one attached hydrogen (secondary N) is 2. The molecular formula is C20H25N3O3. The van der Waals surface area contributed by atoms with E-state index in [1.807, 2.05) is 0 Å². The fourth-order valence-electron chi connectivity index (χ4n) is 5.66. The summed E-state index contributed by atoms with van der Waals surface area (Å²) >= 11 is 0. The minimum atomic E-state index is -0.509. The monoisotopic (exact) mass is 355 g/mol. The third-order valence-electron chi connectivity index (χ3n) is 6.38. The molecule has 138 valence electrons. The lowest BCUT2D eigenvalue weighted by Gasteiger charge is -2.55. The lowest BCUT2D eigenvalue weighted by Crippen LogP contribution is -2.54. The van der Waals surface area contributed by atoms with Gasteiger partial charge in [0.05, 0.1) is 6.54 Å². The van der Waals surface area contributed by atoms with Crippen LogP contribution in [0.4, 0.5) is 5.69 Å². The van der Waals surface area contributed by atoms with Crippen LogP contribution in [0.3, 0.4) is 0 Å². The maximum absolute atomic E-state index is 12.8. The smallest absolute Gasteiger partial charge is 0.248 e. The first-order chi connectivity index (χ1) is 12.4. The predicted octanol–water partition coefficient (Wildman–Crippen LogP) is 2.06. The quantitative estimate of drug-likeness (QED) is 0.753. The highest BCUT2D eigenvalue weighted by Crippen LogP contribution is 2.60. The zero-order chi connectivity index (χ0) is 18.3. The second kappa shape index (κ2) is 6.41. The average molecular weight is 355 g/mol. The summed E-state index contributed by atoms with van der Waals surface area (Å²) in [6, 6.07) is 6.37. The normalized spacial score (nSPS) is 31.5. The van der Waals surface area contributed by atoms with Crippen molar-refractivity contribution in [2.75, 3.05) is 11.9 Å². The molecule has 4 aliphatic carbocycles. The molecule has 0 heterocycles. The number of primary amides is 1. The molecule has 1 aromatic rings. The molecule has 26 heavy (non-hydrogen) atoms. The molecule has 4 saturated carbocycles. The first-order valence-electron chi connectivity index (χ1n) is 9.41. The van der Waals surface area contributed by atoms with Gasteiger partial charge < -0.3 is 16.4 Å². The zero-order valence-electron chi connectivity index (χ0n) is 14.8. The highest BCUT2D eigenvalue weighted by molar-refractivity contribution is 5.97. The van der Waals surface area contributed by atoms with Crippen LogP contribution in [0, 0.1) is 23.2 Å². The van der Waals surface area contributed by atoms with E-state index >= 15 is 0 Å². The molecule has 0 radical (unpaired) electrons. The van der Waals surface area contributed by atoms with Gasteiger partial charge in [0, 0.05) is 16.7 Å². The summed E-state index contributed by atoms with van der Waals surface area (Å²) in [4.78, 5) is 36.0. The minimum Gasteiger partial charge on any atom is -0.366 e. The minimum absolute atomic E-state index is 0.0296. The molecule has 3 amide bonds. The number of hydrogen-bond donors (Lipinski definition) is 3. The maximum atomic E-state index is 12.8. The van der Waals surface area contributed by atoms with E-state index in [0.717, 1.165) is 19.3 Å². The lowest BCUT2D eigenvalue weighted by atomic mass is 9.49. The van der Waals surface area contributed by atoms with Crippen molar-refractivity contribution in [3.05, 3.63) is 29.8 Å². The van der Waals surface area contributed by atoms with Crippen LogP contribution < -0.4 is 16.4 Å². The number of anilines is 1. The summed E-state index contributed by atoms with van der Waals surface area (Å²) in [6.45, 7) is -0.0296. The largest absolute Gasteiger partial charge is 0.366 e. The van der Waals surface area contributed by atoms with Crippen LogP contribution in [0.15, 0.2) is 24.3 Å². The van der Waals surface area contributed by atoms with Gasteiger partial charge in [-0.25, -0.2) is 0 Å².